The minimum absolute atomic E-state index is 0.287. The van der Waals surface area contributed by atoms with E-state index in [2.05, 4.69) is 23.8 Å². The highest BCUT2D eigenvalue weighted by molar-refractivity contribution is 6.31. The molecule has 122 valence electrons. The van der Waals surface area contributed by atoms with Gasteiger partial charge in [0, 0.05) is 13.2 Å². The van der Waals surface area contributed by atoms with Crippen molar-refractivity contribution in [1.82, 2.24) is 14.7 Å². The highest BCUT2D eigenvalue weighted by atomic mass is 35.5. The van der Waals surface area contributed by atoms with Crippen molar-refractivity contribution in [2.45, 2.75) is 51.8 Å². The Morgan fingerprint density at radius 3 is 2.48 bits per heavy atom. The lowest BCUT2D eigenvalue weighted by atomic mass is 9.86. The zero-order valence-electron chi connectivity index (χ0n) is 13.9. The van der Waals surface area contributed by atoms with E-state index in [1.165, 1.54) is 0 Å². The van der Waals surface area contributed by atoms with E-state index in [0.717, 1.165) is 31.6 Å². The lowest BCUT2D eigenvalue weighted by Crippen LogP contribution is -2.44. The Bertz CT molecular complexity index is 429. The fourth-order valence-corrected chi connectivity index (χ4v) is 2.93. The molecule has 0 aromatic carbocycles. The molecule has 1 aromatic heterocycles. The van der Waals surface area contributed by atoms with Gasteiger partial charge in [-0.1, -0.05) is 25.4 Å². The first-order chi connectivity index (χ1) is 9.91. The van der Waals surface area contributed by atoms with Gasteiger partial charge in [0.05, 0.1) is 35.1 Å². The van der Waals surface area contributed by atoms with E-state index in [9.17, 15) is 0 Å². The van der Waals surface area contributed by atoms with Gasteiger partial charge in [-0.05, 0) is 33.9 Å². The van der Waals surface area contributed by atoms with Crippen LogP contribution >= 0.6 is 11.6 Å². The van der Waals surface area contributed by atoms with Crippen LogP contribution in [0.2, 0.25) is 5.02 Å². The molecule has 0 bridgehead atoms. The lowest BCUT2D eigenvalue weighted by Gasteiger charge is -2.37. The third-order valence-corrected chi connectivity index (χ3v) is 4.37. The van der Waals surface area contributed by atoms with Crippen LogP contribution in [0.25, 0.3) is 0 Å². The summed E-state index contributed by atoms with van der Waals surface area (Å²) in [6.07, 6.45) is 3.36. The maximum absolute atomic E-state index is 6.55. The third kappa shape index (κ3) is 4.19. The molecule has 0 saturated heterocycles. The molecule has 0 aliphatic rings. The van der Waals surface area contributed by atoms with Crippen molar-refractivity contribution in [3.05, 3.63) is 16.9 Å². The van der Waals surface area contributed by atoms with Gasteiger partial charge in [-0.15, -0.1) is 0 Å². The Balaban J connectivity index is 3.09. The van der Waals surface area contributed by atoms with Gasteiger partial charge in [-0.2, -0.15) is 5.10 Å². The van der Waals surface area contributed by atoms with Crippen molar-refractivity contribution in [2.75, 3.05) is 27.2 Å². The Hall–Kier alpha value is -0.620. The molecule has 1 atom stereocenters. The SMILES string of the molecule is CCOC(CC)(CC)C(N)c1c(Cl)cnn1CCN(C)C. The minimum atomic E-state index is -0.395. The molecule has 1 rings (SSSR count). The van der Waals surface area contributed by atoms with Crippen molar-refractivity contribution in [2.24, 2.45) is 5.73 Å². The second-order valence-corrected chi connectivity index (χ2v) is 5.99. The summed E-state index contributed by atoms with van der Waals surface area (Å²) in [7, 11) is 4.07. The van der Waals surface area contributed by atoms with Gasteiger partial charge in [-0.25, -0.2) is 0 Å². The molecular formula is C15H29ClN4O. The molecule has 0 amide bonds. The summed E-state index contributed by atoms with van der Waals surface area (Å²) >= 11 is 6.34. The minimum Gasteiger partial charge on any atom is -0.373 e. The van der Waals surface area contributed by atoms with E-state index in [-0.39, 0.29) is 6.04 Å². The molecule has 6 heteroatoms. The smallest absolute Gasteiger partial charge is 0.0884 e. The fraction of sp³-hybridized carbons (Fsp3) is 0.800. The molecule has 0 fully saturated rings. The first-order valence-corrected chi connectivity index (χ1v) is 8.05. The maximum Gasteiger partial charge on any atom is 0.0884 e. The second kappa shape index (κ2) is 8.13. The van der Waals surface area contributed by atoms with Crippen molar-refractivity contribution in [3.63, 3.8) is 0 Å². The standard InChI is InChI=1S/C15H29ClN4O/c1-6-15(7-2,21-8-3)14(17)13-12(16)11-18-20(13)10-9-19(4)5/h11,14H,6-10,17H2,1-5H3. The summed E-state index contributed by atoms with van der Waals surface area (Å²) in [4.78, 5) is 2.11. The Labute approximate surface area is 133 Å². The van der Waals surface area contributed by atoms with Gasteiger partial charge in [0.2, 0.25) is 0 Å². The molecule has 0 aliphatic heterocycles. The first kappa shape index (κ1) is 18.4. The number of aromatic nitrogens is 2. The van der Waals surface area contributed by atoms with Crippen molar-refractivity contribution < 1.29 is 4.74 Å². The third-order valence-electron chi connectivity index (χ3n) is 4.08. The number of rotatable bonds is 9. The molecule has 2 N–H and O–H groups in total. The zero-order valence-corrected chi connectivity index (χ0v) is 14.7. The molecular weight excluding hydrogens is 288 g/mol. The summed E-state index contributed by atoms with van der Waals surface area (Å²) in [6.45, 7) is 8.49. The van der Waals surface area contributed by atoms with Gasteiger partial charge in [0.15, 0.2) is 0 Å². The summed E-state index contributed by atoms with van der Waals surface area (Å²) in [5.74, 6) is 0. The predicted molar refractivity (Wildman–Crippen MR) is 87.7 cm³/mol. The quantitative estimate of drug-likeness (QED) is 0.761. The van der Waals surface area contributed by atoms with E-state index in [1.807, 2.05) is 25.7 Å². The van der Waals surface area contributed by atoms with Gasteiger partial charge in [0.25, 0.3) is 0 Å². The average molecular weight is 317 g/mol. The fourth-order valence-electron chi connectivity index (χ4n) is 2.67. The van der Waals surface area contributed by atoms with Gasteiger partial charge >= 0.3 is 0 Å². The number of hydrogen-bond donors (Lipinski definition) is 1. The number of halogens is 1. The van der Waals surface area contributed by atoms with Gasteiger partial charge in [-0.3, -0.25) is 4.68 Å². The van der Waals surface area contributed by atoms with Crippen LogP contribution in [0, 0.1) is 0 Å². The van der Waals surface area contributed by atoms with Crippen LogP contribution in [0.1, 0.15) is 45.3 Å². The summed E-state index contributed by atoms with van der Waals surface area (Å²) in [6, 6.07) is -0.287. The number of likely N-dealkylation sites (N-methyl/N-ethyl adjacent to an activating group) is 1. The average Bonchev–Trinajstić information content (AvgIpc) is 2.83. The Morgan fingerprint density at radius 2 is 2.00 bits per heavy atom. The van der Waals surface area contributed by atoms with Gasteiger partial charge in [0.1, 0.15) is 0 Å². The van der Waals surface area contributed by atoms with Crippen LogP contribution in [-0.2, 0) is 11.3 Å². The highest BCUT2D eigenvalue weighted by Crippen LogP contribution is 2.36. The number of nitrogens with two attached hydrogens (primary N) is 1. The van der Waals surface area contributed by atoms with Crippen LogP contribution in [0.3, 0.4) is 0 Å². The van der Waals surface area contributed by atoms with Crippen LogP contribution < -0.4 is 5.73 Å². The number of nitrogens with zero attached hydrogens (tertiary/aromatic N) is 3. The molecule has 21 heavy (non-hydrogen) atoms. The van der Waals surface area contributed by atoms with Crippen molar-refractivity contribution in [3.8, 4) is 0 Å². The summed E-state index contributed by atoms with van der Waals surface area (Å²) in [5.41, 5.74) is 7.03. The zero-order chi connectivity index (χ0) is 16.0. The summed E-state index contributed by atoms with van der Waals surface area (Å²) < 4.78 is 7.92. The monoisotopic (exact) mass is 316 g/mol. The first-order valence-electron chi connectivity index (χ1n) is 7.67. The largest absolute Gasteiger partial charge is 0.373 e. The second-order valence-electron chi connectivity index (χ2n) is 5.59. The van der Waals surface area contributed by atoms with Crippen molar-refractivity contribution >= 4 is 11.6 Å². The van der Waals surface area contributed by atoms with E-state index >= 15 is 0 Å². The molecule has 5 nitrogen and oxygen atoms in total. The molecule has 1 heterocycles. The molecule has 0 spiro atoms. The van der Waals surface area contributed by atoms with E-state index in [4.69, 9.17) is 22.1 Å². The normalized spacial score (nSPS) is 13.9. The Kier molecular flexibility index (Phi) is 7.13. The van der Waals surface area contributed by atoms with Gasteiger partial charge < -0.3 is 15.4 Å². The van der Waals surface area contributed by atoms with Crippen LogP contribution in [0.5, 0.6) is 0 Å². The molecule has 1 aromatic rings. The predicted octanol–water partition coefficient (Wildman–Crippen LogP) is 2.69. The highest BCUT2D eigenvalue weighted by Gasteiger charge is 2.38. The number of ether oxygens (including phenoxy) is 1. The van der Waals surface area contributed by atoms with E-state index < -0.39 is 5.60 Å². The van der Waals surface area contributed by atoms with Crippen LogP contribution in [0.4, 0.5) is 0 Å². The van der Waals surface area contributed by atoms with Crippen LogP contribution in [-0.4, -0.2) is 47.5 Å². The maximum atomic E-state index is 6.55. The summed E-state index contributed by atoms with van der Waals surface area (Å²) in [5, 5.41) is 4.99. The molecule has 0 saturated carbocycles. The molecule has 0 aliphatic carbocycles. The lowest BCUT2D eigenvalue weighted by molar-refractivity contribution is -0.0662. The van der Waals surface area contributed by atoms with Crippen LogP contribution in [0.15, 0.2) is 6.20 Å². The van der Waals surface area contributed by atoms with E-state index in [1.54, 1.807) is 6.20 Å². The number of hydrogen-bond acceptors (Lipinski definition) is 4. The molecule has 1 unspecified atom stereocenters. The molecule has 0 radical (unpaired) electrons. The Morgan fingerprint density at radius 1 is 1.38 bits per heavy atom. The van der Waals surface area contributed by atoms with E-state index in [0.29, 0.717) is 11.6 Å². The topological polar surface area (TPSA) is 56.3 Å². The van der Waals surface area contributed by atoms with Crippen molar-refractivity contribution in [1.29, 1.82) is 0 Å².